The first-order chi connectivity index (χ1) is 12.0. The number of rotatable bonds is 8. The molecule has 6 heteroatoms. The number of nitrogens with zero attached hydrogens (tertiary/aromatic N) is 2. The molecular formula is C19H24ClN3O2. The van der Waals surface area contributed by atoms with E-state index in [1.165, 1.54) is 0 Å². The van der Waals surface area contributed by atoms with Gasteiger partial charge in [-0.1, -0.05) is 31.5 Å². The zero-order valence-corrected chi connectivity index (χ0v) is 15.5. The van der Waals surface area contributed by atoms with Crippen molar-refractivity contribution in [3.63, 3.8) is 0 Å². The van der Waals surface area contributed by atoms with Gasteiger partial charge in [0.05, 0.1) is 5.52 Å². The first-order valence-electron chi connectivity index (χ1n) is 8.45. The molecule has 0 spiro atoms. The van der Waals surface area contributed by atoms with E-state index in [4.69, 9.17) is 11.6 Å². The summed E-state index contributed by atoms with van der Waals surface area (Å²) in [6, 6.07) is 5.04. The third kappa shape index (κ3) is 4.50. The summed E-state index contributed by atoms with van der Waals surface area (Å²) >= 11 is 6.05. The van der Waals surface area contributed by atoms with Crippen LogP contribution in [0.4, 0.5) is 0 Å². The number of allylic oxidation sites excluding steroid dienone is 1. The molecule has 1 aromatic heterocycles. The SMILES string of the molecule is C=CCn1cc(C(=O)NCCN(CC)CC)c(=O)c2ccc(Cl)cc21. The normalized spacial score (nSPS) is 11.0. The second-order valence-electron chi connectivity index (χ2n) is 5.76. The molecule has 25 heavy (non-hydrogen) atoms. The predicted molar refractivity (Wildman–Crippen MR) is 104 cm³/mol. The number of pyridine rings is 1. The first-order valence-corrected chi connectivity index (χ1v) is 8.83. The number of likely N-dealkylation sites (N-methyl/N-ethyl adjacent to an activating group) is 1. The van der Waals surface area contributed by atoms with Crippen LogP contribution in [0.3, 0.4) is 0 Å². The highest BCUT2D eigenvalue weighted by molar-refractivity contribution is 6.31. The molecule has 0 bridgehead atoms. The number of carbonyl (C=O) groups excluding carboxylic acids is 1. The van der Waals surface area contributed by atoms with Crippen molar-refractivity contribution in [3.8, 4) is 0 Å². The van der Waals surface area contributed by atoms with Crippen LogP contribution in [0.1, 0.15) is 24.2 Å². The highest BCUT2D eigenvalue weighted by Crippen LogP contribution is 2.18. The van der Waals surface area contributed by atoms with Crippen LogP contribution in [-0.4, -0.2) is 41.6 Å². The average Bonchev–Trinajstić information content (AvgIpc) is 2.61. The maximum Gasteiger partial charge on any atom is 0.256 e. The van der Waals surface area contributed by atoms with Gasteiger partial charge in [0, 0.05) is 36.2 Å². The fourth-order valence-corrected chi connectivity index (χ4v) is 2.94. The maximum absolute atomic E-state index is 12.7. The topological polar surface area (TPSA) is 54.3 Å². The fraction of sp³-hybridized carbons (Fsp3) is 0.368. The van der Waals surface area contributed by atoms with E-state index < -0.39 is 0 Å². The second kappa shape index (κ2) is 8.83. The van der Waals surface area contributed by atoms with Crippen LogP contribution in [0, 0.1) is 0 Å². The smallest absolute Gasteiger partial charge is 0.256 e. The molecule has 0 aliphatic carbocycles. The molecule has 0 atom stereocenters. The van der Waals surface area contributed by atoms with Crippen molar-refractivity contribution < 1.29 is 4.79 Å². The van der Waals surface area contributed by atoms with Gasteiger partial charge in [0.15, 0.2) is 0 Å². The van der Waals surface area contributed by atoms with Gasteiger partial charge in [-0.2, -0.15) is 0 Å². The Morgan fingerprint density at radius 1 is 1.36 bits per heavy atom. The van der Waals surface area contributed by atoms with E-state index in [1.807, 2.05) is 4.57 Å². The van der Waals surface area contributed by atoms with E-state index in [0.29, 0.717) is 29.0 Å². The average molecular weight is 362 g/mol. The molecule has 1 heterocycles. The molecule has 2 rings (SSSR count). The van der Waals surface area contributed by atoms with Gasteiger partial charge in [-0.05, 0) is 31.3 Å². The molecule has 134 valence electrons. The first kappa shape index (κ1) is 19.2. The van der Waals surface area contributed by atoms with Crippen molar-refractivity contribution >= 4 is 28.4 Å². The number of carbonyl (C=O) groups is 1. The number of hydrogen-bond acceptors (Lipinski definition) is 3. The summed E-state index contributed by atoms with van der Waals surface area (Å²) in [5.41, 5.74) is 0.542. The number of amides is 1. The van der Waals surface area contributed by atoms with Crippen molar-refractivity contribution in [1.82, 2.24) is 14.8 Å². The van der Waals surface area contributed by atoms with Crippen LogP contribution in [0.15, 0.2) is 41.8 Å². The number of fused-ring (bicyclic) bond motifs is 1. The largest absolute Gasteiger partial charge is 0.351 e. The zero-order chi connectivity index (χ0) is 18.4. The Kier molecular flexibility index (Phi) is 6.79. The Balaban J connectivity index is 2.32. The van der Waals surface area contributed by atoms with Crippen LogP contribution in [0.2, 0.25) is 5.02 Å². The van der Waals surface area contributed by atoms with Gasteiger partial charge in [-0.25, -0.2) is 0 Å². The van der Waals surface area contributed by atoms with Crippen LogP contribution < -0.4 is 10.7 Å². The summed E-state index contributed by atoms with van der Waals surface area (Å²) in [6.45, 7) is 11.5. The van der Waals surface area contributed by atoms with Gasteiger partial charge >= 0.3 is 0 Å². The molecule has 1 N–H and O–H groups in total. The molecule has 1 aromatic carbocycles. The van der Waals surface area contributed by atoms with Crippen LogP contribution in [0.5, 0.6) is 0 Å². The summed E-state index contributed by atoms with van der Waals surface area (Å²) < 4.78 is 1.81. The third-order valence-corrected chi connectivity index (χ3v) is 4.46. The van der Waals surface area contributed by atoms with Crippen LogP contribution >= 0.6 is 11.6 Å². The lowest BCUT2D eigenvalue weighted by atomic mass is 10.1. The number of aromatic nitrogens is 1. The fourth-order valence-electron chi connectivity index (χ4n) is 2.78. The van der Waals surface area contributed by atoms with E-state index in [0.717, 1.165) is 19.6 Å². The highest BCUT2D eigenvalue weighted by Gasteiger charge is 2.15. The molecule has 0 aliphatic heterocycles. The molecule has 0 saturated heterocycles. The summed E-state index contributed by atoms with van der Waals surface area (Å²) in [6.07, 6.45) is 3.29. The third-order valence-electron chi connectivity index (χ3n) is 4.22. The molecule has 0 fully saturated rings. The minimum Gasteiger partial charge on any atom is -0.351 e. The lowest BCUT2D eigenvalue weighted by Gasteiger charge is -2.18. The van der Waals surface area contributed by atoms with Gasteiger partial charge in [0.25, 0.3) is 5.91 Å². The van der Waals surface area contributed by atoms with Gasteiger partial charge in [0.2, 0.25) is 5.43 Å². The minimum absolute atomic E-state index is 0.135. The van der Waals surface area contributed by atoms with E-state index in [-0.39, 0.29) is 16.9 Å². The zero-order valence-electron chi connectivity index (χ0n) is 14.7. The van der Waals surface area contributed by atoms with Gasteiger partial charge in [-0.3, -0.25) is 9.59 Å². The highest BCUT2D eigenvalue weighted by atomic mass is 35.5. The van der Waals surface area contributed by atoms with Crippen molar-refractivity contribution in [1.29, 1.82) is 0 Å². The number of halogens is 1. The van der Waals surface area contributed by atoms with Gasteiger partial charge in [0.1, 0.15) is 5.56 Å². The van der Waals surface area contributed by atoms with E-state index in [2.05, 4.69) is 30.6 Å². The number of nitrogens with one attached hydrogen (secondary N) is 1. The second-order valence-corrected chi connectivity index (χ2v) is 6.19. The Hall–Kier alpha value is -2.11. The van der Waals surface area contributed by atoms with Crippen molar-refractivity contribution in [3.05, 3.63) is 57.9 Å². The Bertz CT molecular complexity index is 825. The predicted octanol–water partition coefficient (Wildman–Crippen LogP) is 2.91. The molecule has 5 nitrogen and oxygen atoms in total. The number of benzene rings is 1. The summed E-state index contributed by atoms with van der Waals surface area (Å²) in [7, 11) is 0. The van der Waals surface area contributed by atoms with E-state index in [9.17, 15) is 9.59 Å². The molecule has 0 aliphatic rings. The maximum atomic E-state index is 12.7. The molecular weight excluding hydrogens is 338 g/mol. The monoisotopic (exact) mass is 361 g/mol. The Labute approximate surface area is 152 Å². The van der Waals surface area contributed by atoms with Crippen LogP contribution in [-0.2, 0) is 6.54 Å². The van der Waals surface area contributed by atoms with E-state index >= 15 is 0 Å². The Morgan fingerprint density at radius 2 is 2.08 bits per heavy atom. The molecule has 0 saturated carbocycles. The summed E-state index contributed by atoms with van der Waals surface area (Å²) in [5.74, 6) is -0.355. The lowest BCUT2D eigenvalue weighted by molar-refractivity contribution is 0.0947. The lowest BCUT2D eigenvalue weighted by Crippen LogP contribution is -2.36. The Morgan fingerprint density at radius 3 is 2.72 bits per heavy atom. The quantitative estimate of drug-likeness (QED) is 0.735. The molecule has 0 unspecified atom stereocenters. The van der Waals surface area contributed by atoms with Gasteiger partial charge in [-0.15, -0.1) is 6.58 Å². The molecule has 0 radical (unpaired) electrons. The van der Waals surface area contributed by atoms with Crippen LogP contribution in [0.25, 0.3) is 10.9 Å². The van der Waals surface area contributed by atoms with Crippen molar-refractivity contribution in [2.75, 3.05) is 26.2 Å². The van der Waals surface area contributed by atoms with Crippen molar-refractivity contribution in [2.24, 2.45) is 0 Å². The minimum atomic E-state index is -0.355. The number of hydrogen-bond donors (Lipinski definition) is 1. The summed E-state index contributed by atoms with van der Waals surface area (Å²) in [4.78, 5) is 27.4. The van der Waals surface area contributed by atoms with E-state index in [1.54, 1.807) is 30.5 Å². The molecule has 1 amide bonds. The van der Waals surface area contributed by atoms with Crippen molar-refractivity contribution in [2.45, 2.75) is 20.4 Å². The summed E-state index contributed by atoms with van der Waals surface area (Å²) in [5, 5.41) is 3.86. The van der Waals surface area contributed by atoms with Gasteiger partial charge < -0.3 is 14.8 Å². The molecule has 2 aromatic rings. The standard InChI is InChI=1S/C19H24ClN3O2/c1-4-10-23-13-16(19(25)21-9-11-22(5-2)6-3)18(24)15-8-7-14(20)12-17(15)23/h4,7-8,12-13H,1,5-6,9-11H2,2-3H3,(H,21,25).